The molecule has 0 aromatic carbocycles. The Hall–Kier alpha value is -0.540. The lowest BCUT2D eigenvalue weighted by atomic mass is 10.0. The van der Waals surface area contributed by atoms with Crippen LogP contribution < -0.4 is 5.73 Å². The van der Waals surface area contributed by atoms with Crippen molar-refractivity contribution < 1.29 is 4.84 Å². The minimum atomic E-state index is -0.196. The number of hydroxylamine groups is 2. The van der Waals surface area contributed by atoms with Gasteiger partial charge in [0, 0.05) is 5.70 Å². The van der Waals surface area contributed by atoms with Crippen LogP contribution in [0.2, 0.25) is 0 Å². The fourth-order valence-electron chi connectivity index (χ4n) is 1.92. The van der Waals surface area contributed by atoms with Gasteiger partial charge in [0.05, 0.1) is 18.2 Å². The molecular weight excluding hydrogens is 152 g/mol. The van der Waals surface area contributed by atoms with Gasteiger partial charge in [0.2, 0.25) is 0 Å². The Morgan fingerprint density at radius 2 is 1.83 bits per heavy atom. The minimum Gasteiger partial charge on any atom is -0.401 e. The zero-order valence-electron chi connectivity index (χ0n) is 8.51. The van der Waals surface area contributed by atoms with Gasteiger partial charge in [-0.2, -0.15) is 5.06 Å². The monoisotopic (exact) mass is 170 g/mol. The zero-order chi connectivity index (χ0) is 9.57. The third-order valence-electron chi connectivity index (χ3n) is 2.43. The normalized spacial score (nSPS) is 27.2. The molecule has 0 aromatic rings. The number of hydrogen-bond donors (Lipinski definition) is 1. The molecule has 12 heavy (non-hydrogen) atoms. The summed E-state index contributed by atoms with van der Waals surface area (Å²) in [6.07, 6.45) is 2.04. The maximum absolute atomic E-state index is 5.89. The first-order valence-corrected chi connectivity index (χ1v) is 4.15. The highest BCUT2D eigenvalue weighted by molar-refractivity contribution is 5.26. The molecule has 0 radical (unpaired) electrons. The quantitative estimate of drug-likeness (QED) is 0.644. The van der Waals surface area contributed by atoms with Gasteiger partial charge in [0.25, 0.3) is 0 Å². The molecule has 3 nitrogen and oxygen atoms in total. The van der Waals surface area contributed by atoms with Crippen molar-refractivity contribution in [2.75, 3.05) is 7.11 Å². The van der Waals surface area contributed by atoms with E-state index in [0.29, 0.717) is 0 Å². The molecule has 1 heterocycles. The Morgan fingerprint density at radius 1 is 1.33 bits per heavy atom. The molecule has 3 heteroatoms. The van der Waals surface area contributed by atoms with Crippen LogP contribution in [0.3, 0.4) is 0 Å². The molecule has 0 amide bonds. The average molecular weight is 170 g/mol. The second-order valence-corrected chi connectivity index (χ2v) is 4.29. The molecule has 0 fully saturated rings. The molecular formula is C9H18N2O. The first kappa shape index (κ1) is 9.55. The van der Waals surface area contributed by atoms with Crippen molar-refractivity contribution in [1.82, 2.24) is 5.06 Å². The topological polar surface area (TPSA) is 38.5 Å². The fourth-order valence-corrected chi connectivity index (χ4v) is 1.92. The Balaban J connectivity index is 3.03. The molecule has 0 saturated heterocycles. The van der Waals surface area contributed by atoms with Crippen molar-refractivity contribution in [1.29, 1.82) is 0 Å². The summed E-state index contributed by atoms with van der Waals surface area (Å²) in [6.45, 7) is 8.27. The predicted molar refractivity (Wildman–Crippen MR) is 49.3 cm³/mol. The third kappa shape index (κ3) is 1.13. The summed E-state index contributed by atoms with van der Waals surface area (Å²) in [6, 6.07) is 0. The molecule has 0 unspecified atom stereocenters. The van der Waals surface area contributed by atoms with Gasteiger partial charge < -0.3 is 10.6 Å². The van der Waals surface area contributed by atoms with Crippen LogP contribution in [0.25, 0.3) is 0 Å². The predicted octanol–water partition coefficient (Wildman–Crippen LogP) is 1.26. The Bertz CT molecular complexity index is 219. The van der Waals surface area contributed by atoms with Crippen LogP contribution in [-0.2, 0) is 4.84 Å². The second kappa shape index (κ2) is 2.47. The molecule has 70 valence electrons. The van der Waals surface area contributed by atoms with Crippen molar-refractivity contribution in [3.63, 3.8) is 0 Å². The summed E-state index contributed by atoms with van der Waals surface area (Å²) >= 11 is 0. The van der Waals surface area contributed by atoms with Crippen molar-refractivity contribution in [2.45, 2.75) is 38.8 Å². The van der Waals surface area contributed by atoms with E-state index < -0.39 is 0 Å². The van der Waals surface area contributed by atoms with Crippen molar-refractivity contribution >= 4 is 0 Å². The minimum absolute atomic E-state index is 0.109. The molecule has 0 aromatic heterocycles. The first-order chi connectivity index (χ1) is 5.32. The van der Waals surface area contributed by atoms with Gasteiger partial charge in [0.1, 0.15) is 0 Å². The van der Waals surface area contributed by atoms with Gasteiger partial charge in [0.15, 0.2) is 0 Å². The van der Waals surface area contributed by atoms with Crippen LogP contribution in [0.1, 0.15) is 27.7 Å². The van der Waals surface area contributed by atoms with E-state index in [4.69, 9.17) is 10.6 Å². The van der Waals surface area contributed by atoms with E-state index in [1.165, 1.54) is 0 Å². The van der Waals surface area contributed by atoms with Crippen molar-refractivity contribution in [3.05, 3.63) is 11.8 Å². The Kier molecular flexibility index (Phi) is 1.97. The third-order valence-corrected chi connectivity index (χ3v) is 2.43. The average Bonchev–Trinajstić information content (AvgIpc) is 1.99. The summed E-state index contributed by atoms with van der Waals surface area (Å²) < 4.78 is 0. The van der Waals surface area contributed by atoms with Gasteiger partial charge >= 0.3 is 0 Å². The summed E-state index contributed by atoms with van der Waals surface area (Å²) in [4.78, 5) is 5.31. The van der Waals surface area contributed by atoms with Gasteiger partial charge in [-0.05, 0) is 33.8 Å². The van der Waals surface area contributed by atoms with Gasteiger partial charge in [-0.15, -0.1) is 0 Å². The summed E-state index contributed by atoms with van der Waals surface area (Å²) in [7, 11) is 1.68. The molecule has 0 spiro atoms. The molecule has 0 saturated carbocycles. The highest BCUT2D eigenvalue weighted by Crippen LogP contribution is 2.37. The molecule has 0 atom stereocenters. The van der Waals surface area contributed by atoms with E-state index in [1.54, 1.807) is 7.11 Å². The number of nitrogens with two attached hydrogens (primary N) is 1. The van der Waals surface area contributed by atoms with E-state index in [9.17, 15) is 0 Å². The number of rotatable bonds is 1. The summed E-state index contributed by atoms with van der Waals surface area (Å²) in [5.74, 6) is 0. The number of hydrogen-bond acceptors (Lipinski definition) is 3. The van der Waals surface area contributed by atoms with E-state index in [-0.39, 0.29) is 11.1 Å². The van der Waals surface area contributed by atoms with Gasteiger partial charge in [-0.3, -0.25) is 0 Å². The SMILES string of the molecule is CON1C(C)(C)C=C(N)C1(C)C. The molecule has 1 aliphatic rings. The van der Waals surface area contributed by atoms with Crippen LogP contribution >= 0.6 is 0 Å². The fraction of sp³-hybridized carbons (Fsp3) is 0.778. The lowest BCUT2D eigenvalue weighted by Crippen LogP contribution is -2.50. The van der Waals surface area contributed by atoms with Crippen LogP contribution in [0, 0.1) is 0 Å². The standard InChI is InChI=1S/C9H18N2O/c1-8(2)6-7(10)9(3,4)11(8)12-5/h6H,10H2,1-5H3. The van der Waals surface area contributed by atoms with Gasteiger partial charge in [-0.1, -0.05) is 0 Å². The first-order valence-electron chi connectivity index (χ1n) is 4.15. The Morgan fingerprint density at radius 3 is 2.00 bits per heavy atom. The summed E-state index contributed by atoms with van der Waals surface area (Å²) in [5, 5.41) is 1.91. The van der Waals surface area contributed by atoms with Crippen molar-refractivity contribution in [3.8, 4) is 0 Å². The lowest BCUT2D eigenvalue weighted by molar-refractivity contribution is -0.213. The maximum Gasteiger partial charge on any atom is 0.0805 e. The van der Waals surface area contributed by atoms with Crippen LogP contribution in [0.4, 0.5) is 0 Å². The van der Waals surface area contributed by atoms with E-state index in [2.05, 4.69) is 27.7 Å². The Labute approximate surface area is 74.1 Å². The van der Waals surface area contributed by atoms with Crippen LogP contribution in [0.5, 0.6) is 0 Å². The summed E-state index contributed by atoms with van der Waals surface area (Å²) in [5.41, 5.74) is 6.46. The highest BCUT2D eigenvalue weighted by atomic mass is 16.7. The molecule has 0 bridgehead atoms. The van der Waals surface area contributed by atoms with Crippen molar-refractivity contribution in [2.24, 2.45) is 5.73 Å². The van der Waals surface area contributed by atoms with E-state index in [1.807, 2.05) is 11.1 Å². The highest BCUT2D eigenvalue weighted by Gasteiger charge is 2.45. The van der Waals surface area contributed by atoms with E-state index in [0.717, 1.165) is 5.70 Å². The smallest absolute Gasteiger partial charge is 0.0805 e. The molecule has 2 N–H and O–H groups in total. The maximum atomic E-state index is 5.89. The number of nitrogens with zero attached hydrogens (tertiary/aromatic N) is 1. The van der Waals surface area contributed by atoms with Crippen LogP contribution in [0.15, 0.2) is 11.8 Å². The molecule has 0 aliphatic carbocycles. The van der Waals surface area contributed by atoms with Crippen LogP contribution in [-0.4, -0.2) is 23.3 Å². The van der Waals surface area contributed by atoms with Gasteiger partial charge in [-0.25, -0.2) is 0 Å². The van der Waals surface area contributed by atoms with E-state index >= 15 is 0 Å². The zero-order valence-corrected chi connectivity index (χ0v) is 8.51. The lowest BCUT2D eigenvalue weighted by Gasteiger charge is -2.38. The molecule has 1 aliphatic heterocycles. The largest absolute Gasteiger partial charge is 0.401 e. The molecule has 1 rings (SSSR count). The second-order valence-electron chi connectivity index (χ2n) is 4.29.